The maximum absolute atomic E-state index is 6.15. The maximum Gasteiger partial charge on any atom is 0.196 e. The molecular formula is C22H32O2. The molecule has 2 nitrogen and oxygen atoms in total. The van der Waals surface area contributed by atoms with Crippen LogP contribution in [0.4, 0.5) is 0 Å². The van der Waals surface area contributed by atoms with Gasteiger partial charge in [-0.05, 0) is 55.4 Å². The summed E-state index contributed by atoms with van der Waals surface area (Å²) in [6, 6.07) is 11.1. The summed E-state index contributed by atoms with van der Waals surface area (Å²) in [5.41, 5.74) is 5.26. The number of unbranched alkanes of at least 4 members (excludes halogenated alkanes) is 2. The van der Waals surface area contributed by atoms with Gasteiger partial charge in [-0.1, -0.05) is 57.9 Å². The van der Waals surface area contributed by atoms with Crippen molar-refractivity contribution >= 4 is 0 Å². The number of ether oxygens (including phenoxy) is 2. The molecule has 0 amide bonds. The fourth-order valence-electron chi connectivity index (χ4n) is 3.12. The van der Waals surface area contributed by atoms with E-state index >= 15 is 0 Å². The van der Waals surface area contributed by atoms with Crippen molar-refractivity contribution in [2.75, 3.05) is 6.61 Å². The summed E-state index contributed by atoms with van der Waals surface area (Å²) in [6.07, 6.45) is 4.62. The lowest BCUT2D eigenvalue weighted by Gasteiger charge is -2.16. The molecule has 0 aliphatic heterocycles. The van der Waals surface area contributed by atoms with E-state index in [1.807, 2.05) is 13.8 Å². The number of fused-ring (bicyclic) bond motifs is 1. The summed E-state index contributed by atoms with van der Waals surface area (Å²) in [4.78, 5) is 0. The Labute approximate surface area is 147 Å². The summed E-state index contributed by atoms with van der Waals surface area (Å²) in [5.74, 6) is 1.44. The molecule has 2 heteroatoms. The second-order valence-electron chi connectivity index (χ2n) is 6.78. The highest BCUT2D eigenvalue weighted by Gasteiger charge is 2.17. The van der Waals surface area contributed by atoms with E-state index in [0.29, 0.717) is 12.5 Å². The Morgan fingerprint density at radius 2 is 1.75 bits per heavy atom. The molecule has 0 aromatic heterocycles. The largest absolute Gasteiger partial charge is 0.465 e. The van der Waals surface area contributed by atoms with Gasteiger partial charge in [-0.2, -0.15) is 0 Å². The Kier molecular flexibility index (Phi) is 7.11. The first-order valence-corrected chi connectivity index (χ1v) is 9.40. The van der Waals surface area contributed by atoms with Crippen LogP contribution in [0.1, 0.15) is 70.9 Å². The zero-order chi connectivity index (χ0) is 17.5. The number of rotatable bonds is 9. The molecule has 0 spiro atoms. The molecule has 24 heavy (non-hydrogen) atoms. The number of aryl methyl sites for hydroxylation is 1. The van der Waals surface area contributed by atoms with Gasteiger partial charge in [0.25, 0.3) is 0 Å². The third-order valence-electron chi connectivity index (χ3n) is 4.48. The molecular weight excluding hydrogens is 296 g/mol. The fourth-order valence-corrected chi connectivity index (χ4v) is 3.12. The molecule has 0 saturated carbocycles. The van der Waals surface area contributed by atoms with Gasteiger partial charge in [-0.3, -0.25) is 0 Å². The molecule has 0 heterocycles. The van der Waals surface area contributed by atoms with Crippen molar-refractivity contribution in [2.24, 2.45) is 0 Å². The van der Waals surface area contributed by atoms with E-state index in [9.17, 15) is 0 Å². The summed E-state index contributed by atoms with van der Waals surface area (Å²) in [5, 5.41) is 0. The lowest BCUT2D eigenvalue weighted by atomic mass is 10.0. The highest BCUT2D eigenvalue weighted by Crippen LogP contribution is 2.38. The van der Waals surface area contributed by atoms with Crippen LogP contribution >= 0.6 is 0 Å². The quantitative estimate of drug-likeness (QED) is 0.391. The van der Waals surface area contributed by atoms with E-state index in [1.165, 1.54) is 41.5 Å². The number of hydrogen-bond acceptors (Lipinski definition) is 2. The molecule has 1 unspecified atom stereocenters. The standard InChI is InChI=1S/C22H32O2/c1-6-8-9-10-18-11-12-20-15-19(16(3)4)13-14-21(22(18)20)24-17(5)23-7-2/h11-17H,6-10H2,1-5H3. The molecule has 132 valence electrons. The first-order chi connectivity index (χ1) is 11.6. The summed E-state index contributed by atoms with van der Waals surface area (Å²) < 4.78 is 11.7. The van der Waals surface area contributed by atoms with E-state index in [4.69, 9.17) is 9.47 Å². The van der Waals surface area contributed by atoms with Gasteiger partial charge in [0, 0.05) is 12.2 Å². The zero-order valence-electron chi connectivity index (χ0n) is 15.9. The van der Waals surface area contributed by atoms with Gasteiger partial charge in [0.05, 0.1) is 0 Å². The summed E-state index contributed by atoms with van der Waals surface area (Å²) in [7, 11) is 0. The van der Waals surface area contributed by atoms with Crippen LogP contribution in [0.2, 0.25) is 0 Å². The normalized spacial score (nSPS) is 12.8. The molecule has 0 saturated heterocycles. The third kappa shape index (κ3) is 4.73. The van der Waals surface area contributed by atoms with Crippen LogP contribution in [0.5, 0.6) is 5.75 Å². The monoisotopic (exact) mass is 328 g/mol. The van der Waals surface area contributed by atoms with Gasteiger partial charge in [0.15, 0.2) is 6.29 Å². The van der Waals surface area contributed by atoms with Crippen LogP contribution in [-0.4, -0.2) is 12.9 Å². The van der Waals surface area contributed by atoms with Crippen molar-refractivity contribution < 1.29 is 9.47 Å². The second-order valence-corrected chi connectivity index (χ2v) is 6.78. The summed E-state index contributed by atoms with van der Waals surface area (Å²) in [6.45, 7) is 11.3. The lowest BCUT2D eigenvalue weighted by molar-refractivity contribution is -0.0609. The van der Waals surface area contributed by atoms with Gasteiger partial charge in [-0.15, -0.1) is 0 Å². The number of hydrogen-bond donors (Lipinski definition) is 0. The van der Waals surface area contributed by atoms with Gasteiger partial charge in [-0.25, -0.2) is 0 Å². The van der Waals surface area contributed by atoms with Crippen LogP contribution in [0.15, 0.2) is 30.3 Å². The van der Waals surface area contributed by atoms with Crippen molar-refractivity contribution in [3.63, 3.8) is 0 Å². The van der Waals surface area contributed by atoms with Gasteiger partial charge < -0.3 is 9.47 Å². The minimum Gasteiger partial charge on any atom is -0.465 e. The van der Waals surface area contributed by atoms with Crippen LogP contribution < -0.4 is 4.74 Å². The van der Waals surface area contributed by atoms with Gasteiger partial charge in [0.1, 0.15) is 5.75 Å². The van der Waals surface area contributed by atoms with Crippen LogP contribution in [0, 0.1) is 0 Å². The molecule has 2 rings (SSSR count). The maximum atomic E-state index is 6.15. The molecule has 2 aliphatic carbocycles. The highest BCUT2D eigenvalue weighted by atomic mass is 16.7. The van der Waals surface area contributed by atoms with E-state index < -0.39 is 0 Å². The average molecular weight is 328 g/mol. The molecule has 0 fully saturated rings. The van der Waals surface area contributed by atoms with Crippen molar-refractivity contribution in [1.82, 2.24) is 0 Å². The van der Waals surface area contributed by atoms with E-state index in [1.54, 1.807) is 0 Å². The highest BCUT2D eigenvalue weighted by molar-refractivity contribution is 5.77. The smallest absolute Gasteiger partial charge is 0.196 e. The minimum absolute atomic E-state index is 0.235. The Morgan fingerprint density at radius 3 is 2.42 bits per heavy atom. The average Bonchev–Trinajstić information content (AvgIpc) is 2.83. The van der Waals surface area contributed by atoms with Gasteiger partial charge >= 0.3 is 0 Å². The Bertz CT molecular complexity index is 603. The Hall–Kier alpha value is -1.54. The van der Waals surface area contributed by atoms with Crippen molar-refractivity contribution in [3.8, 4) is 16.9 Å². The SMILES string of the molecule is CCCCCc1ccc2cc(C(C)C)ccc(OC(C)OCC)c1-2. The Morgan fingerprint density at radius 1 is 0.958 bits per heavy atom. The van der Waals surface area contributed by atoms with E-state index in [2.05, 4.69) is 51.1 Å². The Balaban J connectivity index is 2.40. The van der Waals surface area contributed by atoms with Gasteiger partial charge in [0.2, 0.25) is 0 Å². The molecule has 1 atom stereocenters. The van der Waals surface area contributed by atoms with Crippen molar-refractivity contribution in [2.45, 2.75) is 72.5 Å². The third-order valence-corrected chi connectivity index (χ3v) is 4.48. The molecule has 0 radical (unpaired) electrons. The van der Waals surface area contributed by atoms with Crippen LogP contribution in [-0.2, 0) is 11.2 Å². The molecule has 2 aliphatic rings. The zero-order valence-corrected chi connectivity index (χ0v) is 15.9. The molecule has 0 aromatic rings. The second kappa shape index (κ2) is 9.08. The first-order valence-electron chi connectivity index (χ1n) is 9.40. The van der Waals surface area contributed by atoms with Crippen LogP contribution in [0.25, 0.3) is 11.1 Å². The summed E-state index contributed by atoms with van der Waals surface area (Å²) >= 11 is 0. The lowest BCUT2D eigenvalue weighted by Crippen LogP contribution is -2.16. The van der Waals surface area contributed by atoms with Crippen LogP contribution in [0.3, 0.4) is 0 Å². The van der Waals surface area contributed by atoms with Crippen molar-refractivity contribution in [3.05, 3.63) is 41.5 Å². The first kappa shape index (κ1) is 18.8. The molecule has 0 N–H and O–H groups in total. The predicted molar refractivity (Wildman–Crippen MR) is 102 cm³/mol. The molecule has 0 bridgehead atoms. The molecule has 0 aromatic carbocycles. The fraction of sp³-hybridized carbons (Fsp3) is 0.545. The van der Waals surface area contributed by atoms with E-state index in [-0.39, 0.29) is 6.29 Å². The topological polar surface area (TPSA) is 18.5 Å². The van der Waals surface area contributed by atoms with E-state index in [0.717, 1.165) is 12.2 Å². The predicted octanol–water partition coefficient (Wildman–Crippen LogP) is 6.41. The minimum atomic E-state index is -0.235. The van der Waals surface area contributed by atoms with Crippen molar-refractivity contribution in [1.29, 1.82) is 0 Å².